The maximum Gasteiger partial charge on any atom is 0.272 e. The number of aryl methyl sites for hydroxylation is 1. The van der Waals surface area contributed by atoms with Gasteiger partial charge >= 0.3 is 0 Å². The van der Waals surface area contributed by atoms with Gasteiger partial charge in [-0.3, -0.25) is 4.79 Å². The Morgan fingerprint density at radius 2 is 2.00 bits per heavy atom. The van der Waals surface area contributed by atoms with Crippen molar-refractivity contribution < 1.29 is 4.79 Å². The Kier molecular flexibility index (Phi) is 4.48. The number of carbonyl (C=O) groups is 1. The summed E-state index contributed by atoms with van der Waals surface area (Å²) in [6.45, 7) is 4.39. The summed E-state index contributed by atoms with van der Waals surface area (Å²) in [4.78, 5) is 12.5. The molecule has 0 fully saturated rings. The smallest absolute Gasteiger partial charge is 0.272 e. The zero-order valence-electron chi connectivity index (χ0n) is 13.8. The molecule has 23 heavy (non-hydrogen) atoms. The molecule has 5 nitrogen and oxygen atoms in total. The van der Waals surface area contributed by atoms with E-state index in [4.69, 9.17) is 5.73 Å². The summed E-state index contributed by atoms with van der Waals surface area (Å²) in [6.07, 6.45) is 4.14. The van der Waals surface area contributed by atoms with E-state index >= 15 is 0 Å². The summed E-state index contributed by atoms with van der Waals surface area (Å²) >= 11 is 0. The third-order valence-electron chi connectivity index (χ3n) is 4.40. The number of hydrogen-bond donors (Lipinski definition) is 2. The third kappa shape index (κ3) is 3.15. The number of aromatic nitrogens is 2. The largest absolute Gasteiger partial charge is 0.347 e. The Balaban J connectivity index is 2.01. The zero-order valence-corrected chi connectivity index (χ0v) is 13.8. The van der Waals surface area contributed by atoms with Crippen molar-refractivity contribution in [1.82, 2.24) is 15.1 Å². The van der Waals surface area contributed by atoms with Crippen molar-refractivity contribution in [3.8, 4) is 5.69 Å². The van der Waals surface area contributed by atoms with Crippen molar-refractivity contribution in [2.75, 3.05) is 6.54 Å². The predicted molar refractivity (Wildman–Crippen MR) is 90.9 cm³/mol. The molecule has 0 spiro atoms. The first-order chi connectivity index (χ1) is 11.1. The quantitative estimate of drug-likeness (QED) is 0.908. The van der Waals surface area contributed by atoms with E-state index < -0.39 is 0 Å². The number of amides is 1. The molecule has 5 heteroatoms. The molecule has 122 valence electrons. The number of benzene rings is 1. The molecule has 1 amide bonds. The van der Waals surface area contributed by atoms with Gasteiger partial charge in [-0.15, -0.1) is 0 Å². The molecule has 1 aromatic carbocycles. The van der Waals surface area contributed by atoms with Crippen molar-refractivity contribution in [2.45, 2.75) is 45.6 Å². The molecule has 0 saturated heterocycles. The minimum Gasteiger partial charge on any atom is -0.347 e. The van der Waals surface area contributed by atoms with Gasteiger partial charge in [-0.25, -0.2) is 4.68 Å². The first-order valence-corrected chi connectivity index (χ1v) is 8.29. The van der Waals surface area contributed by atoms with E-state index in [1.54, 1.807) is 0 Å². The fourth-order valence-corrected chi connectivity index (χ4v) is 3.03. The number of nitrogens with zero attached hydrogens (tertiary/aromatic N) is 2. The Labute approximate surface area is 136 Å². The van der Waals surface area contributed by atoms with E-state index in [9.17, 15) is 4.79 Å². The van der Waals surface area contributed by atoms with Crippen LogP contribution in [-0.4, -0.2) is 28.3 Å². The van der Waals surface area contributed by atoms with Crippen LogP contribution in [0.5, 0.6) is 0 Å². The summed E-state index contributed by atoms with van der Waals surface area (Å²) in [5, 5.41) is 7.57. The molecule has 1 atom stereocenters. The van der Waals surface area contributed by atoms with Crippen LogP contribution in [-0.2, 0) is 12.8 Å². The molecule has 1 heterocycles. The van der Waals surface area contributed by atoms with Gasteiger partial charge in [0.15, 0.2) is 5.69 Å². The standard InChI is InChI=1S/C18H24N4O/c1-12-7-9-14(10-8-12)22-16-6-4-3-5-15(16)17(21-22)18(23)20-13(2)11-19/h7-10,13H,3-6,11,19H2,1-2H3,(H,20,23)/t13-/m0/s1. The van der Waals surface area contributed by atoms with Gasteiger partial charge in [0.2, 0.25) is 0 Å². The summed E-state index contributed by atoms with van der Waals surface area (Å²) in [6, 6.07) is 8.21. The van der Waals surface area contributed by atoms with Crippen LogP contribution in [0.15, 0.2) is 24.3 Å². The second-order valence-electron chi connectivity index (χ2n) is 6.34. The molecule has 1 aliphatic rings. The minimum atomic E-state index is -0.119. The highest BCUT2D eigenvalue weighted by Crippen LogP contribution is 2.27. The van der Waals surface area contributed by atoms with Gasteiger partial charge in [-0.2, -0.15) is 5.10 Å². The van der Waals surface area contributed by atoms with Crippen LogP contribution in [0.4, 0.5) is 0 Å². The summed E-state index contributed by atoms with van der Waals surface area (Å²) in [7, 11) is 0. The van der Waals surface area contributed by atoms with Crippen LogP contribution in [0.25, 0.3) is 5.69 Å². The maximum absolute atomic E-state index is 12.5. The average molecular weight is 312 g/mol. The molecule has 0 aliphatic heterocycles. The van der Waals surface area contributed by atoms with Crippen molar-refractivity contribution in [3.05, 3.63) is 46.8 Å². The van der Waals surface area contributed by atoms with E-state index in [0.717, 1.165) is 36.9 Å². The molecular formula is C18H24N4O. The van der Waals surface area contributed by atoms with Crippen molar-refractivity contribution in [3.63, 3.8) is 0 Å². The second kappa shape index (κ2) is 6.54. The molecule has 1 aromatic heterocycles. The molecule has 0 unspecified atom stereocenters. The number of carbonyl (C=O) groups excluding carboxylic acids is 1. The van der Waals surface area contributed by atoms with E-state index in [1.165, 1.54) is 11.3 Å². The highest BCUT2D eigenvalue weighted by Gasteiger charge is 2.25. The average Bonchev–Trinajstić information content (AvgIpc) is 2.95. The van der Waals surface area contributed by atoms with Gasteiger partial charge in [0.05, 0.1) is 5.69 Å². The molecule has 0 saturated carbocycles. The summed E-state index contributed by atoms with van der Waals surface area (Å²) < 4.78 is 1.94. The Hall–Kier alpha value is -2.14. The number of nitrogens with two attached hydrogens (primary N) is 1. The van der Waals surface area contributed by atoms with Gasteiger partial charge in [0.25, 0.3) is 5.91 Å². The van der Waals surface area contributed by atoms with Crippen molar-refractivity contribution in [2.24, 2.45) is 5.73 Å². The Bertz CT molecular complexity index is 703. The van der Waals surface area contributed by atoms with Crippen LogP contribution < -0.4 is 11.1 Å². The highest BCUT2D eigenvalue weighted by molar-refractivity contribution is 5.94. The molecule has 0 radical (unpaired) electrons. The molecule has 3 rings (SSSR count). The Morgan fingerprint density at radius 3 is 2.70 bits per heavy atom. The van der Waals surface area contributed by atoms with E-state index in [2.05, 4.69) is 41.6 Å². The lowest BCUT2D eigenvalue weighted by molar-refractivity contribution is 0.0935. The molecule has 0 bridgehead atoms. The van der Waals surface area contributed by atoms with Crippen molar-refractivity contribution >= 4 is 5.91 Å². The number of fused-ring (bicyclic) bond motifs is 1. The third-order valence-corrected chi connectivity index (χ3v) is 4.40. The normalized spacial score (nSPS) is 15.1. The molecule has 1 aliphatic carbocycles. The minimum absolute atomic E-state index is 0.0498. The fraction of sp³-hybridized carbons (Fsp3) is 0.444. The maximum atomic E-state index is 12.5. The van der Waals surface area contributed by atoms with Gasteiger partial charge in [0.1, 0.15) is 0 Å². The van der Waals surface area contributed by atoms with Crippen molar-refractivity contribution in [1.29, 1.82) is 0 Å². The fourth-order valence-electron chi connectivity index (χ4n) is 3.03. The first kappa shape index (κ1) is 15.7. The molecule has 3 N–H and O–H groups in total. The molecular weight excluding hydrogens is 288 g/mol. The van der Waals surface area contributed by atoms with Crippen LogP contribution in [0.1, 0.15) is 47.1 Å². The monoisotopic (exact) mass is 312 g/mol. The van der Waals surface area contributed by atoms with Gasteiger partial charge < -0.3 is 11.1 Å². The summed E-state index contributed by atoms with van der Waals surface area (Å²) in [5.41, 5.74) is 10.7. The Morgan fingerprint density at radius 1 is 1.30 bits per heavy atom. The zero-order chi connectivity index (χ0) is 16.4. The topological polar surface area (TPSA) is 72.9 Å². The van der Waals surface area contributed by atoms with Crippen LogP contribution in [0, 0.1) is 6.92 Å². The van der Waals surface area contributed by atoms with Gasteiger partial charge in [0, 0.05) is 23.8 Å². The first-order valence-electron chi connectivity index (χ1n) is 8.29. The van der Waals surface area contributed by atoms with E-state index in [-0.39, 0.29) is 11.9 Å². The van der Waals surface area contributed by atoms with Gasteiger partial charge in [-0.05, 0) is 51.7 Å². The number of hydrogen-bond acceptors (Lipinski definition) is 3. The van der Waals surface area contributed by atoms with Crippen LogP contribution >= 0.6 is 0 Å². The second-order valence-corrected chi connectivity index (χ2v) is 6.34. The highest BCUT2D eigenvalue weighted by atomic mass is 16.2. The summed E-state index contributed by atoms with van der Waals surface area (Å²) in [5.74, 6) is -0.119. The lowest BCUT2D eigenvalue weighted by Crippen LogP contribution is -2.38. The van der Waals surface area contributed by atoms with Gasteiger partial charge in [-0.1, -0.05) is 17.7 Å². The predicted octanol–water partition coefficient (Wildman–Crippen LogP) is 2.14. The lowest BCUT2D eigenvalue weighted by Gasteiger charge is -2.15. The number of rotatable bonds is 4. The van der Waals surface area contributed by atoms with Crippen LogP contribution in [0.2, 0.25) is 0 Å². The molecule has 2 aromatic rings. The van der Waals surface area contributed by atoms with E-state index in [0.29, 0.717) is 12.2 Å². The number of nitrogens with one attached hydrogen (secondary N) is 1. The van der Waals surface area contributed by atoms with Crippen LogP contribution in [0.3, 0.4) is 0 Å². The SMILES string of the molecule is Cc1ccc(-n2nc(C(=O)N[C@@H](C)CN)c3c2CCCC3)cc1. The van der Waals surface area contributed by atoms with E-state index in [1.807, 2.05) is 11.6 Å². The lowest BCUT2D eigenvalue weighted by atomic mass is 9.95.